The number of aryl methyl sites for hydroxylation is 1. The molecule has 3 heterocycles. The molecule has 224 valence electrons. The number of nitrogens with zero attached hydrogens (tertiary/aromatic N) is 3. The number of aromatic nitrogens is 1. The second kappa shape index (κ2) is 13.9. The number of fused-ring (bicyclic) bond motifs is 2. The molecule has 5 N–H and O–H groups in total. The molecular formula is C30H37ClN6O3S2. The lowest BCUT2D eigenvalue weighted by Crippen LogP contribution is -2.59. The Bertz CT molecular complexity index is 1410. The fourth-order valence-corrected chi connectivity index (χ4v) is 8.08. The number of amides is 2. The van der Waals surface area contributed by atoms with Crippen molar-refractivity contribution in [1.82, 2.24) is 15.2 Å². The highest BCUT2D eigenvalue weighted by Gasteiger charge is 2.53. The zero-order valence-corrected chi connectivity index (χ0v) is 26.0. The summed E-state index contributed by atoms with van der Waals surface area (Å²) in [5, 5.41) is 3.34. The number of Topliss-reactive ketones (excluding diaryl/α,β-unsaturated/α-hetero) is 1. The standard InChI is InChI=1S/C30H36N6O3S2.ClH/c1-30-16-15-20(14-13-19-8-3-2-4-9-19)28(39)36(30)23(18-40-30)26(38)34-22(11-7-17-33-29(31)32)25(37)27-35-21-10-5-6-12-24(21)41-27;/h2-6,8-10,12,20,22-23H,7,11,13-18H2,1H3,(H,34,38)(H4,31,32,33);1H/t20-,22?,23+,30+;/m1./s1. The summed E-state index contributed by atoms with van der Waals surface area (Å²) < 4.78 is 0.907. The highest BCUT2D eigenvalue weighted by molar-refractivity contribution is 8.00. The molecule has 2 aromatic carbocycles. The Morgan fingerprint density at radius 2 is 1.90 bits per heavy atom. The number of rotatable bonds is 11. The number of nitrogens with one attached hydrogen (secondary N) is 1. The highest BCUT2D eigenvalue weighted by Crippen LogP contribution is 2.48. The van der Waals surface area contributed by atoms with Gasteiger partial charge in [-0.05, 0) is 63.1 Å². The van der Waals surface area contributed by atoms with Crippen LogP contribution in [-0.2, 0) is 16.0 Å². The van der Waals surface area contributed by atoms with Crippen molar-refractivity contribution in [3.63, 3.8) is 0 Å². The molecule has 0 bridgehead atoms. The minimum absolute atomic E-state index is 0. The van der Waals surface area contributed by atoms with Crippen LogP contribution in [0.15, 0.2) is 59.6 Å². The number of benzene rings is 2. The smallest absolute Gasteiger partial charge is 0.244 e. The van der Waals surface area contributed by atoms with Crippen molar-refractivity contribution in [2.75, 3.05) is 12.3 Å². The van der Waals surface area contributed by atoms with Gasteiger partial charge in [-0.2, -0.15) is 0 Å². The van der Waals surface area contributed by atoms with Gasteiger partial charge < -0.3 is 21.7 Å². The monoisotopic (exact) mass is 628 g/mol. The van der Waals surface area contributed by atoms with Crippen LogP contribution in [0.2, 0.25) is 0 Å². The first-order chi connectivity index (χ1) is 19.7. The van der Waals surface area contributed by atoms with E-state index in [0.717, 1.165) is 35.9 Å². The van der Waals surface area contributed by atoms with Crippen molar-refractivity contribution < 1.29 is 14.4 Å². The van der Waals surface area contributed by atoms with Crippen LogP contribution >= 0.6 is 35.5 Å². The third-order valence-electron chi connectivity index (χ3n) is 7.93. The topological polar surface area (TPSA) is 144 Å². The number of para-hydroxylation sites is 1. The molecule has 2 fully saturated rings. The van der Waals surface area contributed by atoms with Crippen molar-refractivity contribution >= 4 is 69.3 Å². The van der Waals surface area contributed by atoms with E-state index in [0.29, 0.717) is 30.1 Å². The number of aliphatic imine (C=N–C) groups is 1. The Morgan fingerprint density at radius 1 is 1.17 bits per heavy atom. The Kier molecular flexibility index (Phi) is 10.5. The SMILES string of the molecule is C[C@]12CC[C@@H](CCc3ccccc3)C(=O)N1[C@H](C(=O)NC(CCCN=C(N)N)C(=O)c1nc3ccccc3s1)CS2.Cl. The molecule has 12 heteroatoms. The third kappa shape index (κ3) is 7.07. The van der Waals surface area contributed by atoms with E-state index in [2.05, 4.69) is 34.3 Å². The van der Waals surface area contributed by atoms with Crippen LogP contribution in [0.1, 0.15) is 54.4 Å². The lowest BCUT2D eigenvalue weighted by Gasteiger charge is -2.44. The van der Waals surface area contributed by atoms with Gasteiger partial charge in [0.2, 0.25) is 17.6 Å². The van der Waals surface area contributed by atoms with E-state index in [9.17, 15) is 14.4 Å². The van der Waals surface area contributed by atoms with Crippen LogP contribution in [-0.4, -0.2) is 62.7 Å². The summed E-state index contributed by atoms with van der Waals surface area (Å²) >= 11 is 2.96. The van der Waals surface area contributed by atoms with E-state index in [1.54, 1.807) is 16.7 Å². The van der Waals surface area contributed by atoms with Gasteiger partial charge in [0.1, 0.15) is 6.04 Å². The maximum Gasteiger partial charge on any atom is 0.244 e. The maximum atomic E-state index is 13.8. The van der Waals surface area contributed by atoms with Gasteiger partial charge in [-0.25, -0.2) is 4.98 Å². The number of thioether (sulfide) groups is 1. The number of carbonyl (C=O) groups excluding carboxylic acids is 3. The van der Waals surface area contributed by atoms with E-state index in [1.807, 2.05) is 42.5 Å². The average molecular weight is 629 g/mol. The molecule has 5 rings (SSSR count). The van der Waals surface area contributed by atoms with Crippen molar-refractivity contribution in [2.24, 2.45) is 22.4 Å². The number of thiazole rings is 1. The predicted molar refractivity (Wildman–Crippen MR) is 172 cm³/mol. The van der Waals surface area contributed by atoms with Crippen LogP contribution in [0.5, 0.6) is 0 Å². The molecule has 42 heavy (non-hydrogen) atoms. The Labute approximate surface area is 260 Å². The summed E-state index contributed by atoms with van der Waals surface area (Å²) in [7, 11) is 0. The number of hydrogen-bond donors (Lipinski definition) is 3. The quantitative estimate of drug-likeness (QED) is 0.125. The zero-order chi connectivity index (χ0) is 29.0. The molecule has 0 radical (unpaired) electrons. The lowest BCUT2D eigenvalue weighted by molar-refractivity contribution is -0.149. The Morgan fingerprint density at radius 3 is 2.64 bits per heavy atom. The Balaban J connectivity index is 0.00000405. The summed E-state index contributed by atoms with van der Waals surface area (Å²) in [5.74, 6) is -0.173. The number of nitrogens with two attached hydrogens (primary N) is 2. The van der Waals surface area contributed by atoms with Gasteiger partial charge in [0.15, 0.2) is 11.0 Å². The first kappa shape index (κ1) is 31.8. The summed E-state index contributed by atoms with van der Waals surface area (Å²) in [6, 6.07) is 16.3. The molecule has 0 spiro atoms. The van der Waals surface area contributed by atoms with Gasteiger partial charge in [0, 0.05) is 18.2 Å². The summed E-state index contributed by atoms with van der Waals surface area (Å²) in [4.78, 5) is 51.1. The molecule has 3 aromatic rings. The fourth-order valence-electron chi connectivity index (χ4n) is 5.69. The first-order valence-electron chi connectivity index (χ1n) is 14.0. The number of piperidine rings is 1. The van der Waals surface area contributed by atoms with Crippen LogP contribution in [0, 0.1) is 5.92 Å². The third-order valence-corrected chi connectivity index (χ3v) is 10.5. The highest BCUT2D eigenvalue weighted by atomic mass is 35.5. The van der Waals surface area contributed by atoms with E-state index < -0.39 is 17.0 Å². The van der Waals surface area contributed by atoms with Crippen molar-refractivity contribution in [3.8, 4) is 0 Å². The molecule has 0 saturated carbocycles. The molecule has 2 amide bonds. The summed E-state index contributed by atoms with van der Waals surface area (Å²) in [6.45, 7) is 2.39. The van der Waals surface area contributed by atoms with Gasteiger partial charge in [0.25, 0.3) is 0 Å². The lowest BCUT2D eigenvalue weighted by atomic mass is 9.86. The fraction of sp³-hybridized carbons (Fsp3) is 0.433. The van der Waals surface area contributed by atoms with Crippen molar-refractivity contribution in [2.45, 2.75) is 62.4 Å². The number of guanidine groups is 1. The second-order valence-electron chi connectivity index (χ2n) is 10.8. The molecule has 9 nitrogen and oxygen atoms in total. The minimum atomic E-state index is -0.803. The summed E-state index contributed by atoms with van der Waals surface area (Å²) in [6.07, 6.45) is 4.06. The van der Waals surface area contributed by atoms with Crippen molar-refractivity contribution in [1.29, 1.82) is 0 Å². The molecular weight excluding hydrogens is 592 g/mol. The molecule has 2 saturated heterocycles. The molecule has 4 atom stereocenters. The number of ketones is 1. The minimum Gasteiger partial charge on any atom is -0.370 e. The molecule has 2 aliphatic rings. The molecule has 0 aliphatic carbocycles. The normalized spacial score (nSPS) is 22.2. The first-order valence-corrected chi connectivity index (χ1v) is 15.8. The van der Waals surface area contributed by atoms with Gasteiger partial charge in [-0.15, -0.1) is 35.5 Å². The van der Waals surface area contributed by atoms with E-state index in [-0.39, 0.29) is 41.9 Å². The summed E-state index contributed by atoms with van der Waals surface area (Å²) in [5.41, 5.74) is 12.9. The van der Waals surface area contributed by atoms with Gasteiger partial charge in [0.05, 0.1) is 21.1 Å². The van der Waals surface area contributed by atoms with Crippen LogP contribution < -0.4 is 16.8 Å². The average Bonchev–Trinajstić information content (AvgIpc) is 3.56. The maximum absolute atomic E-state index is 13.8. The van der Waals surface area contributed by atoms with Gasteiger partial charge in [-0.1, -0.05) is 42.5 Å². The largest absolute Gasteiger partial charge is 0.370 e. The number of halogens is 1. The second-order valence-corrected chi connectivity index (χ2v) is 13.4. The Hall–Kier alpha value is -3.15. The van der Waals surface area contributed by atoms with Crippen LogP contribution in [0.3, 0.4) is 0 Å². The molecule has 2 aliphatic heterocycles. The molecule has 1 aromatic heterocycles. The van der Waals surface area contributed by atoms with Gasteiger partial charge >= 0.3 is 0 Å². The van der Waals surface area contributed by atoms with E-state index >= 15 is 0 Å². The molecule has 1 unspecified atom stereocenters. The number of carbonyl (C=O) groups is 3. The predicted octanol–water partition coefficient (Wildman–Crippen LogP) is 4.14. The van der Waals surface area contributed by atoms with Crippen LogP contribution in [0.4, 0.5) is 0 Å². The van der Waals surface area contributed by atoms with Crippen LogP contribution in [0.25, 0.3) is 10.2 Å². The van der Waals surface area contributed by atoms with Gasteiger partial charge in [-0.3, -0.25) is 19.4 Å². The number of hydrogen-bond acceptors (Lipinski definition) is 7. The van der Waals surface area contributed by atoms with E-state index in [4.69, 9.17) is 11.5 Å². The van der Waals surface area contributed by atoms with Crippen molar-refractivity contribution in [3.05, 3.63) is 65.2 Å². The van der Waals surface area contributed by atoms with E-state index in [1.165, 1.54) is 16.9 Å². The zero-order valence-electron chi connectivity index (χ0n) is 23.5.